The molecular weight excluding hydrogens is 378 g/mol. The van der Waals surface area contributed by atoms with Crippen LogP contribution in [0.4, 0.5) is 18.9 Å². The van der Waals surface area contributed by atoms with E-state index in [0.29, 0.717) is 0 Å². The van der Waals surface area contributed by atoms with Gasteiger partial charge in [0.15, 0.2) is 5.96 Å². The first kappa shape index (κ1) is 17.4. The van der Waals surface area contributed by atoms with Crippen molar-refractivity contribution in [2.75, 3.05) is 17.6 Å². The molecule has 1 aromatic carbocycles. The topological polar surface area (TPSA) is 50.4 Å². The monoisotopic (exact) mass is 391 g/mol. The highest BCUT2D eigenvalue weighted by Crippen LogP contribution is 2.29. The molecule has 8 heteroatoms. The van der Waals surface area contributed by atoms with Gasteiger partial charge in [0, 0.05) is 11.4 Å². The fraction of sp³-hybridized carbons (Fsp3) is 0.300. The highest BCUT2D eigenvalue weighted by atomic mass is 127. The second kappa shape index (κ2) is 8.46. The number of benzene rings is 1. The molecule has 102 valence electrons. The van der Waals surface area contributed by atoms with Gasteiger partial charge in [0.2, 0.25) is 0 Å². The summed E-state index contributed by atoms with van der Waals surface area (Å²) < 4.78 is 35.4. The van der Waals surface area contributed by atoms with E-state index in [9.17, 15) is 13.2 Å². The summed E-state index contributed by atoms with van der Waals surface area (Å²) in [6, 6.07) is 9.04. The van der Waals surface area contributed by atoms with E-state index in [0.717, 1.165) is 5.69 Å². The van der Waals surface area contributed by atoms with E-state index in [1.165, 1.54) is 0 Å². The van der Waals surface area contributed by atoms with Crippen LogP contribution in [0, 0.1) is 0 Å². The Bertz CT molecular complexity index is 370. The molecule has 0 radical (unpaired) electrons. The molecule has 0 aliphatic carbocycles. The zero-order chi connectivity index (χ0) is 12.7. The maximum atomic E-state index is 11.8. The Labute approximate surface area is 124 Å². The van der Waals surface area contributed by atoms with Crippen LogP contribution >= 0.6 is 35.7 Å². The number of halogens is 4. The Hall–Kier alpha value is -0.640. The molecule has 3 N–H and O–H groups in total. The average molecular weight is 391 g/mol. The number of anilines is 1. The van der Waals surface area contributed by atoms with Crippen molar-refractivity contribution in [3.63, 3.8) is 0 Å². The van der Waals surface area contributed by atoms with Gasteiger partial charge in [-0.15, -0.1) is 24.0 Å². The first-order valence-corrected chi connectivity index (χ1v) is 5.78. The number of guanidine groups is 1. The molecule has 0 unspecified atom stereocenters. The van der Waals surface area contributed by atoms with E-state index < -0.39 is 5.51 Å². The predicted molar refractivity (Wildman–Crippen MR) is 80.5 cm³/mol. The predicted octanol–water partition coefficient (Wildman–Crippen LogP) is 3.28. The molecule has 0 aliphatic rings. The van der Waals surface area contributed by atoms with E-state index in [1.54, 1.807) is 12.1 Å². The van der Waals surface area contributed by atoms with Crippen LogP contribution in [0.25, 0.3) is 0 Å². The average Bonchev–Trinajstić information content (AvgIpc) is 2.25. The van der Waals surface area contributed by atoms with Crippen molar-refractivity contribution < 1.29 is 13.2 Å². The number of rotatable bonds is 4. The second-order valence-electron chi connectivity index (χ2n) is 3.05. The van der Waals surface area contributed by atoms with E-state index in [1.807, 2.05) is 18.2 Å². The van der Waals surface area contributed by atoms with Gasteiger partial charge >= 0.3 is 5.51 Å². The Morgan fingerprint density at radius 1 is 1.28 bits per heavy atom. The molecule has 0 heterocycles. The number of nitrogens with two attached hydrogens (primary N) is 1. The first-order valence-electron chi connectivity index (χ1n) is 4.80. The number of para-hydroxylation sites is 1. The lowest BCUT2D eigenvalue weighted by Crippen LogP contribution is -2.23. The second-order valence-corrected chi connectivity index (χ2v) is 4.21. The van der Waals surface area contributed by atoms with Gasteiger partial charge in [0.05, 0.1) is 6.54 Å². The fourth-order valence-corrected chi connectivity index (χ4v) is 1.45. The minimum absolute atomic E-state index is 0. The number of thioether (sulfide) groups is 1. The molecule has 0 atom stereocenters. The molecule has 0 bridgehead atoms. The van der Waals surface area contributed by atoms with E-state index in [-0.39, 0.29) is 54.0 Å². The van der Waals surface area contributed by atoms with Crippen LogP contribution in [0.1, 0.15) is 0 Å². The summed E-state index contributed by atoms with van der Waals surface area (Å²) in [6.45, 7) is 0.0237. The van der Waals surface area contributed by atoms with Gasteiger partial charge < -0.3 is 11.1 Å². The molecule has 0 saturated heterocycles. The summed E-state index contributed by atoms with van der Waals surface area (Å²) in [5, 5.41) is 2.78. The maximum absolute atomic E-state index is 11.8. The van der Waals surface area contributed by atoms with Gasteiger partial charge in [0.1, 0.15) is 0 Å². The van der Waals surface area contributed by atoms with Gasteiger partial charge in [0.25, 0.3) is 0 Å². The Balaban J connectivity index is 0.00000289. The summed E-state index contributed by atoms with van der Waals surface area (Å²) in [4.78, 5) is 3.78. The first-order chi connectivity index (χ1) is 7.97. The van der Waals surface area contributed by atoms with Crippen LogP contribution < -0.4 is 11.1 Å². The van der Waals surface area contributed by atoms with Crippen molar-refractivity contribution in [2.45, 2.75) is 5.51 Å². The lowest BCUT2D eigenvalue weighted by molar-refractivity contribution is -0.0327. The molecule has 18 heavy (non-hydrogen) atoms. The summed E-state index contributed by atoms with van der Waals surface area (Å²) in [5.74, 6) is -0.0281. The van der Waals surface area contributed by atoms with Crippen molar-refractivity contribution in [2.24, 2.45) is 10.7 Å². The van der Waals surface area contributed by atoms with Crippen molar-refractivity contribution in [3.05, 3.63) is 30.3 Å². The molecule has 3 nitrogen and oxygen atoms in total. The normalized spacial score (nSPS) is 11.8. The van der Waals surface area contributed by atoms with Crippen LogP contribution in [0.2, 0.25) is 0 Å². The van der Waals surface area contributed by atoms with Gasteiger partial charge in [-0.2, -0.15) is 13.2 Å². The Morgan fingerprint density at radius 2 is 1.89 bits per heavy atom. The minimum Gasteiger partial charge on any atom is -0.370 e. The van der Waals surface area contributed by atoms with E-state index in [4.69, 9.17) is 5.73 Å². The number of hydrogen-bond acceptors (Lipinski definition) is 2. The number of nitrogens with one attached hydrogen (secondary N) is 1. The number of hydrogen-bond donors (Lipinski definition) is 2. The van der Waals surface area contributed by atoms with Crippen LogP contribution in [0.5, 0.6) is 0 Å². The molecule has 1 aromatic rings. The molecule has 0 aliphatic heterocycles. The molecule has 1 rings (SSSR count). The Kier molecular flexibility index (Phi) is 8.16. The van der Waals surface area contributed by atoms with Crippen LogP contribution in [-0.2, 0) is 0 Å². The summed E-state index contributed by atoms with van der Waals surface area (Å²) >= 11 is -0.109. The number of aliphatic imine (C=N–C) groups is 1. The molecule has 0 saturated carbocycles. The molecule has 0 spiro atoms. The van der Waals surface area contributed by atoms with Gasteiger partial charge in [-0.1, -0.05) is 18.2 Å². The fourth-order valence-electron chi connectivity index (χ4n) is 1.04. The van der Waals surface area contributed by atoms with Crippen molar-refractivity contribution in [1.29, 1.82) is 0 Å². The minimum atomic E-state index is -4.21. The lowest BCUT2D eigenvalue weighted by atomic mass is 10.3. The molecule has 0 fully saturated rings. The third kappa shape index (κ3) is 8.45. The van der Waals surface area contributed by atoms with E-state index >= 15 is 0 Å². The SMILES string of the molecule is I.NC(=NCCSC(F)(F)F)Nc1ccccc1. The van der Waals surface area contributed by atoms with Crippen LogP contribution in [0.15, 0.2) is 35.3 Å². The summed E-state index contributed by atoms with van der Waals surface area (Å²) in [7, 11) is 0. The third-order valence-electron chi connectivity index (χ3n) is 1.69. The number of alkyl halides is 3. The van der Waals surface area contributed by atoms with Crippen LogP contribution in [0.3, 0.4) is 0 Å². The van der Waals surface area contributed by atoms with Gasteiger partial charge in [-0.3, -0.25) is 4.99 Å². The van der Waals surface area contributed by atoms with Crippen molar-refractivity contribution in [3.8, 4) is 0 Å². The zero-order valence-corrected chi connectivity index (χ0v) is 12.4. The molecular formula is C10H13F3IN3S. The van der Waals surface area contributed by atoms with Gasteiger partial charge in [-0.25, -0.2) is 0 Å². The van der Waals surface area contributed by atoms with Crippen molar-refractivity contribution >= 4 is 47.4 Å². The largest absolute Gasteiger partial charge is 0.441 e. The van der Waals surface area contributed by atoms with Crippen molar-refractivity contribution in [1.82, 2.24) is 0 Å². The van der Waals surface area contributed by atoms with E-state index in [2.05, 4.69) is 10.3 Å². The number of nitrogens with zero attached hydrogens (tertiary/aromatic N) is 1. The smallest absolute Gasteiger partial charge is 0.370 e. The highest BCUT2D eigenvalue weighted by molar-refractivity contribution is 14.0. The third-order valence-corrected chi connectivity index (χ3v) is 2.40. The highest BCUT2D eigenvalue weighted by Gasteiger charge is 2.27. The quantitative estimate of drug-likeness (QED) is 0.359. The maximum Gasteiger partial charge on any atom is 0.441 e. The summed E-state index contributed by atoms with van der Waals surface area (Å²) in [5.41, 5.74) is 2.04. The Morgan fingerprint density at radius 3 is 2.44 bits per heavy atom. The van der Waals surface area contributed by atoms with Gasteiger partial charge in [-0.05, 0) is 23.9 Å². The lowest BCUT2D eigenvalue weighted by Gasteiger charge is -2.06. The zero-order valence-electron chi connectivity index (χ0n) is 9.28. The summed E-state index contributed by atoms with van der Waals surface area (Å²) in [6.07, 6.45) is 0. The van der Waals surface area contributed by atoms with Crippen LogP contribution in [-0.4, -0.2) is 23.8 Å². The molecule has 0 amide bonds. The molecule has 0 aromatic heterocycles. The standard InChI is InChI=1S/C10H12F3N3S.HI/c11-10(12,13)17-7-6-15-9(14)16-8-4-2-1-3-5-8;/h1-5H,6-7H2,(H3,14,15,16);1H.